The third kappa shape index (κ3) is 4.21. The summed E-state index contributed by atoms with van der Waals surface area (Å²) in [5.74, 6) is 2.45. The van der Waals surface area contributed by atoms with E-state index in [1.807, 2.05) is 47.4 Å². The number of likely N-dealkylation sites (tertiary alicyclic amines) is 2. The lowest BCUT2D eigenvalue weighted by atomic mass is 9.78. The summed E-state index contributed by atoms with van der Waals surface area (Å²) in [4.78, 5) is 17.3. The third-order valence-electron chi connectivity index (χ3n) is 7.57. The number of nitrogens with zero attached hydrogens (tertiary/aromatic N) is 2. The number of hydrogen-bond donors (Lipinski definition) is 1. The number of thiocarbonyl (C=S) groups is 1. The lowest BCUT2D eigenvalue weighted by Crippen LogP contribution is -2.45. The summed E-state index contributed by atoms with van der Waals surface area (Å²) >= 11 is 5.74. The number of ether oxygens (including phenoxy) is 3. The number of anilines is 1. The van der Waals surface area contributed by atoms with E-state index in [1.54, 1.807) is 7.11 Å². The fourth-order valence-corrected chi connectivity index (χ4v) is 5.76. The molecule has 0 bridgehead atoms. The Bertz CT molecular complexity index is 1310. The zero-order chi connectivity index (χ0) is 24.7. The fraction of sp³-hybridized carbons (Fsp3) is 0.407. The van der Waals surface area contributed by atoms with Gasteiger partial charge in [-0.3, -0.25) is 4.79 Å². The van der Waals surface area contributed by atoms with Gasteiger partial charge in [-0.05, 0) is 61.2 Å². The molecule has 1 aromatic heterocycles. The molecule has 1 spiro atoms. The predicted octanol–water partition coefficient (Wildman–Crippen LogP) is 4.54. The van der Waals surface area contributed by atoms with Crippen molar-refractivity contribution >= 4 is 39.9 Å². The number of para-hydroxylation sites is 1. The van der Waals surface area contributed by atoms with Crippen LogP contribution < -0.4 is 19.5 Å². The number of hydrogen-bond acceptors (Lipinski definition) is 6. The van der Waals surface area contributed by atoms with Gasteiger partial charge < -0.3 is 33.7 Å². The Labute approximate surface area is 215 Å². The van der Waals surface area contributed by atoms with E-state index in [9.17, 15) is 4.79 Å². The molecule has 1 N–H and O–H groups in total. The molecule has 0 unspecified atom stereocenters. The molecule has 3 aliphatic heterocycles. The average molecular weight is 508 g/mol. The Morgan fingerprint density at radius 2 is 1.75 bits per heavy atom. The van der Waals surface area contributed by atoms with E-state index < -0.39 is 0 Å². The molecule has 3 aromatic rings. The molecule has 0 saturated carbocycles. The summed E-state index contributed by atoms with van der Waals surface area (Å²) in [5, 5.41) is 4.95. The van der Waals surface area contributed by atoms with Gasteiger partial charge in [-0.2, -0.15) is 0 Å². The number of piperidine rings is 1. The number of carbonyl (C=O) groups is 1. The van der Waals surface area contributed by atoms with E-state index >= 15 is 0 Å². The van der Waals surface area contributed by atoms with Crippen molar-refractivity contribution in [1.29, 1.82) is 0 Å². The lowest BCUT2D eigenvalue weighted by Gasteiger charge is -2.39. The maximum Gasteiger partial charge on any atom is 0.289 e. The normalized spacial score (nSPS) is 18.5. The monoisotopic (exact) mass is 507 g/mol. The van der Waals surface area contributed by atoms with Crippen molar-refractivity contribution in [3.63, 3.8) is 0 Å². The van der Waals surface area contributed by atoms with Gasteiger partial charge in [0.15, 0.2) is 33.7 Å². The molecule has 3 aliphatic rings. The second kappa shape index (κ2) is 9.20. The van der Waals surface area contributed by atoms with E-state index in [1.165, 1.54) is 0 Å². The van der Waals surface area contributed by atoms with Crippen LogP contribution >= 0.6 is 12.2 Å². The highest BCUT2D eigenvalue weighted by Gasteiger charge is 2.42. The van der Waals surface area contributed by atoms with Gasteiger partial charge in [0.1, 0.15) is 13.2 Å². The molecule has 1 amide bonds. The summed E-state index contributed by atoms with van der Waals surface area (Å²) in [6, 6.07) is 13.3. The molecule has 2 fully saturated rings. The first kappa shape index (κ1) is 23.0. The molecule has 2 saturated heterocycles. The van der Waals surface area contributed by atoms with Gasteiger partial charge in [-0.1, -0.05) is 12.1 Å². The minimum atomic E-state index is -0.0613. The van der Waals surface area contributed by atoms with Crippen LogP contribution in [0.1, 0.15) is 29.8 Å². The zero-order valence-electron chi connectivity index (χ0n) is 20.2. The SMILES string of the molecule is COc1cccc2cc(C(=O)N3CCC4(CC3)CCN(C(=S)Nc3ccc5c(c3)OCCO5)C4)oc12. The van der Waals surface area contributed by atoms with Crippen LogP contribution in [-0.2, 0) is 0 Å². The van der Waals surface area contributed by atoms with Crippen LogP contribution in [0.25, 0.3) is 11.0 Å². The first-order valence-electron chi connectivity index (χ1n) is 12.4. The molecule has 8 nitrogen and oxygen atoms in total. The van der Waals surface area contributed by atoms with Gasteiger partial charge in [-0.25, -0.2) is 0 Å². The molecule has 6 rings (SSSR count). The third-order valence-corrected chi connectivity index (χ3v) is 7.93. The molecule has 36 heavy (non-hydrogen) atoms. The number of fused-ring (bicyclic) bond motifs is 2. The van der Waals surface area contributed by atoms with Crippen molar-refractivity contribution in [3.8, 4) is 17.2 Å². The number of furan rings is 1. The highest BCUT2D eigenvalue weighted by Crippen LogP contribution is 2.41. The smallest absolute Gasteiger partial charge is 0.289 e. The number of benzene rings is 2. The largest absolute Gasteiger partial charge is 0.493 e. The van der Waals surface area contributed by atoms with Crippen molar-refractivity contribution in [1.82, 2.24) is 9.80 Å². The van der Waals surface area contributed by atoms with Crippen molar-refractivity contribution in [2.45, 2.75) is 19.3 Å². The van der Waals surface area contributed by atoms with Crippen LogP contribution in [0.4, 0.5) is 5.69 Å². The number of carbonyl (C=O) groups excluding carboxylic acids is 1. The molecular weight excluding hydrogens is 478 g/mol. The van der Waals surface area contributed by atoms with Crippen LogP contribution in [0, 0.1) is 5.41 Å². The molecule has 0 radical (unpaired) electrons. The summed E-state index contributed by atoms with van der Waals surface area (Å²) in [6.45, 7) is 4.36. The van der Waals surface area contributed by atoms with Gasteiger partial charge in [0.25, 0.3) is 5.91 Å². The Morgan fingerprint density at radius 1 is 1.00 bits per heavy atom. The number of nitrogens with one attached hydrogen (secondary N) is 1. The molecule has 0 aliphatic carbocycles. The van der Waals surface area contributed by atoms with Crippen LogP contribution in [0.3, 0.4) is 0 Å². The lowest BCUT2D eigenvalue weighted by molar-refractivity contribution is 0.0571. The van der Waals surface area contributed by atoms with E-state index in [0.717, 1.165) is 60.0 Å². The molecule has 4 heterocycles. The number of methoxy groups -OCH3 is 1. The van der Waals surface area contributed by atoms with Crippen LogP contribution in [0.2, 0.25) is 0 Å². The molecule has 2 aromatic carbocycles. The van der Waals surface area contributed by atoms with Gasteiger partial charge in [0.2, 0.25) is 0 Å². The second-order valence-electron chi connectivity index (χ2n) is 9.74. The van der Waals surface area contributed by atoms with Crippen molar-refractivity contribution in [3.05, 3.63) is 48.2 Å². The predicted molar refractivity (Wildman–Crippen MR) is 140 cm³/mol. The molecule has 9 heteroatoms. The minimum Gasteiger partial charge on any atom is -0.493 e. The Balaban J connectivity index is 1.06. The van der Waals surface area contributed by atoms with E-state index in [4.69, 9.17) is 30.8 Å². The summed E-state index contributed by atoms with van der Waals surface area (Å²) in [5.41, 5.74) is 1.68. The number of rotatable bonds is 3. The molecule has 188 valence electrons. The molecule has 0 atom stereocenters. The van der Waals surface area contributed by atoms with Crippen molar-refractivity contribution in [2.75, 3.05) is 51.8 Å². The highest BCUT2D eigenvalue weighted by atomic mass is 32.1. The van der Waals surface area contributed by atoms with Crippen molar-refractivity contribution in [2.24, 2.45) is 5.41 Å². The average Bonchev–Trinajstić information content (AvgIpc) is 3.53. The standard InChI is InChI=1S/C27H29N3O5S/c1-32-21-4-2-3-18-15-23(35-24(18)21)25(31)29-10-7-27(8-11-29)9-12-30(17-27)26(36)28-19-5-6-20-22(16-19)34-14-13-33-20/h2-6,15-16H,7-14,17H2,1H3,(H,28,36). The number of amides is 1. The first-order valence-corrected chi connectivity index (χ1v) is 12.8. The van der Waals surface area contributed by atoms with E-state index in [0.29, 0.717) is 43.4 Å². The van der Waals surface area contributed by atoms with Gasteiger partial charge >= 0.3 is 0 Å². The Morgan fingerprint density at radius 3 is 2.53 bits per heavy atom. The second-order valence-corrected chi connectivity index (χ2v) is 10.1. The summed E-state index contributed by atoms with van der Waals surface area (Å²) in [7, 11) is 1.60. The minimum absolute atomic E-state index is 0.0613. The first-order chi connectivity index (χ1) is 17.5. The Kier molecular flexibility index (Phi) is 5.87. The van der Waals surface area contributed by atoms with Gasteiger partial charge in [0.05, 0.1) is 7.11 Å². The summed E-state index contributed by atoms with van der Waals surface area (Å²) < 4.78 is 22.6. The highest BCUT2D eigenvalue weighted by molar-refractivity contribution is 7.80. The maximum absolute atomic E-state index is 13.2. The maximum atomic E-state index is 13.2. The van der Waals surface area contributed by atoms with Gasteiger partial charge in [-0.15, -0.1) is 0 Å². The topological polar surface area (TPSA) is 76.4 Å². The summed E-state index contributed by atoms with van der Waals surface area (Å²) in [6.07, 6.45) is 2.97. The van der Waals surface area contributed by atoms with Crippen LogP contribution in [0.5, 0.6) is 17.2 Å². The van der Waals surface area contributed by atoms with Gasteiger partial charge in [0, 0.05) is 43.3 Å². The van der Waals surface area contributed by atoms with Crippen LogP contribution in [0.15, 0.2) is 46.9 Å². The Hall–Kier alpha value is -3.46. The fourth-order valence-electron chi connectivity index (χ4n) is 5.48. The molecular formula is C27H29N3O5S. The zero-order valence-corrected chi connectivity index (χ0v) is 21.1. The quantitative estimate of drug-likeness (QED) is 0.518. The van der Waals surface area contributed by atoms with E-state index in [2.05, 4.69) is 10.2 Å². The van der Waals surface area contributed by atoms with Crippen LogP contribution in [-0.4, -0.2) is 67.3 Å². The van der Waals surface area contributed by atoms with Crippen molar-refractivity contribution < 1.29 is 23.4 Å². The van der Waals surface area contributed by atoms with E-state index in [-0.39, 0.29) is 11.3 Å².